The number of aliphatic hydroxyl groups excluding tert-OH is 1. The van der Waals surface area contributed by atoms with E-state index >= 15 is 0 Å². The van der Waals surface area contributed by atoms with Gasteiger partial charge in [0, 0.05) is 0 Å². The predicted octanol–water partition coefficient (Wildman–Crippen LogP) is 5.98. The Bertz CT molecular complexity index is 547. The summed E-state index contributed by atoms with van der Waals surface area (Å²) in [6, 6.07) is 21.0. The second kappa shape index (κ2) is 11.7. The van der Waals surface area contributed by atoms with Gasteiger partial charge < -0.3 is 5.11 Å². The van der Waals surface area contributed by atoms with E-state index in [2.05, 4.69) is 61.5 Å². The van der Waals surface area contributed by atoms with Crippen molar-refractivity contribution in [3.8, 4) is 0 Å². The monoisotopic (exact) mass is 336 g/mol. The van der Waals surface area contributed by atoms with Crippen LogP contribution in [-0.4, -0.2) is 11.2 Å². The van der Waals surface area contributed by atoms with Crippen molar-refractivity contribution >= 4 is 0 Å². The Morgan fingerprint density at radius 3 is 1.88 bits per heavy atom. The normalized spacial score (nSPS) is 12.8. The molecule has 0 fully saturated rings. The number of benzene rings is 2. The maximum Gasteiger partial charge on any atom is 0.0755 e. The van der Waals surface area contributed by atoms with Crippen molar-refractivity contribution in [1.29, 1.82) is 0 Å². The lowest BCUT2D eigenvalue weighted by Gasteiger charge is -2.21. The van der Waals surface area contributed by atoms with E-state index < -0.39 is 6.10 Å². The number of allylic oxidation sites excluding steroid dienone is 1. The lowest BCUT2D eigenvalue weighted by atomic mass is 9.87. The summed E-state index contributed by atoms with van der Waals surface area (Å²) in [4.78, 5) is 0. The number of aliphatic hydroxyl groups is 1. The third-order valence-corrected chi connectivity index (χ3v) is 4.72. The van der Waals surface area contributed by atoms with E-state index in [1.807, 2.05) is 18.2 Å². The van der Waals surface area contributed by atoms with E-state index in [-0.39, 0.29) is 5.92 Å². The highest BCUT2D eigenvalue weighted by Gasteiger charge is 2.18. The molecule has 0 heterocycles. The first-order valence-corrected chi connectivity index (χ1v) is 9.72. The smallest absolute Gasteiger partial charge is 0.0755 e. The quantitative estimate of drug-likeness (QED) is 0.395. The Morgan fingerprint density at radius 1 is 0.800 bits per heavy atom. The SMILES string of the molecule is CCCCCC/C=C/C(O)C(Cc1ccccc1)Cc1ccccc1. The van der Waals surface area contributed by atoms with Gasteiger partial charge in [0.2, 0.25) is 0 Å². The molecule has 0 saturated heterocycles. The van der Waals surface area contributed by atoms with Crippen LogP contribution in [0.2, 0.25) is 0 Å². The standard InChI is InChI=1S/C24H32O/c1-2-3-4-5-6-13-18-24(25)23(19-21-14-9-7-10-15-21)20-22-16-11-8-12-17-22/h7-18,23-25H,2-6,19-20H2,1H3/b18-13+. The molecular formula is C24H32O. The average Bonchev–Trinajstić information content (AvgIpc) is 2.65. The predicted molar refractivity (Wildman–Crippen MR) is 108 cm³/mol. The fraction of sp³-hybridized carbons (Fsp3) is 0.417. The molecule has 0 radical (unpaired) electrons. The number of unbranched alkanes of at least 4 members (excludes halogenated alkanes) is 4. The maximum absolute atomic E-state index is 10.7. The van der Waals surface area contributed by atoms with Gasteiger partial charge in [0.25, 0.3) is 0 Å². The van der Waals surface area contributed by atoms with Crippen molar-refractivity contribution in [2.24, 2.45) is 5.92 Å². The highest BCUT2D eigenvalue weighted by Crippen LogP contribution is 2.19. The molecule has 1 heteroatoms. The summed E-state index contributed by atoms with van der Waals surface area (Å²) in [5.41, 5.74) is 2.58. The summed E-state index contributed by atoms with van der Waals surface area (Å²) < 4.78 is 0. The minimum absolute atomic E-state index is 0.205. The van der Waals surface area contributed by atoms with Crippen LogP contribution >= 0.6 is 0 Å². The van der Waals surface area contributed by atoms with Crippen LogP contribution in [0.5, 0.6) is 0 Å². The Kier molecular flexibility index (Phi) is 9.07. The third kappa shape index (κ3) is 7.70. The minimum atomic E-state index is -0.397. The topological polar surface area (TPSA) is 20.2 Å². The molecule has 0 spiro atoms. The molecule has 134 valence electrons. The van der Waals surface area contributed by atoms with Gasteiger partial charge in [0.05, 0.1) is 6.10 Å². The second-order valence-electron chi connectivity index (χ2n) is 6.91. The molecule has 0 saturated carbocycles. The van der Waals surface area contributed by atoms with Gasteiger partial charge in [0.15, 0.2) is 0 Å². The summed E-state index contributed by atoms with van der Waals surface area (Å²) in [6.45, 7) is 2.23. The van der Waals surface area contributed by atoms with Gasteiger partial charge in [-0.2, -0.15) is 0 Å². The molecule has 2 aromatic carbocycles. The maximum atomic E-state index is 10.7. The fourth-order valence-electron chi connectivity index (χ4n) is 3.23. The molecule has 0 bridgehead atoms. The van der Waals surface area contributed by atoms with Crippen molar-refractivity contribution in [3.63, 3.8) is 0 Å². The zero-order chi connectivity index (χ0) is 17.7. The molecule has 0 aliphatic rings. The Morgan fingerprint density at radius 2 is 1.36 bits per heavy atom. The summed E-state index contributed by atoms with van der Waals surface area (Å²) in [5, 5.41) is 10.7. The molecule has 1 atom stereocenters. The number of rotatable bonds is 11. The minimum Gasteiger partial charge on any atom is -0.389 e. The van der Waals surface area contributed by atoms with Crippen LogP contribution in [0.1, 0.15) is 50.2 Å². The summed E-state index contributed by atoms with van der Waals surface area (Å²) in [6.07, 6.45) is 11.7. The largest absolute Gasteiger partial charge is 0.389 e. The van der Waals surface area contributed by atoms with Gasteiger partial charge in [-0.1, -0.05) is 99.0 Å². The van der Waals surface area contributed by atoms with Crippen molar-refractivity contribution in [2.45, 2.75) is 58.0 Å². The zero-order valence-corrected chi connectivity index (χ0v) is 15.5. The first-order chi connectivity index (χ1) is 12.3. The summed E-state index contributed by atoms with van der Waals surface area (Å²) in [7, 11) is 0. The van der Waals surface area contributed by atoms with Gasteiger partial charge in [-0.05, 0) is 42.7 Å². The second-order valence-corrected chi connectivity index (χ2v) is 6.91. The molecule has 0 aromatic heterocycles. The van der Waals surface area contributed by atoms with Crippen molar-refractivity contribution in [1.82, 2.24) is 0 Å². The lowest BCUT2D eigenvalue weighted by Crippen LogP contribution is -2.23. The van der Waals surface area contributed by atoms with E-state index in [1.54, 1.807) is 0 Å². The number of hydrogen-bond acceptors (Lipinski definition) is 1. The Balaban J connectivity index is 1.96. The van der Waals surface area contributed by atoms with Gasteiger partial charge in [-0.15, -0.1) is 0 Å². The molecule has 0 amide bonds. The fourth-order valence-corrected chi connectivity index (χ4v) is 3.23. The van der Waals surface area contributed by atoms with Crippen LogP contribution in [-0.2, 0) is 12.8 Å². The lowest BCUT2D eigenvalue weighted by molar-refractivity contribution is 0.151. The first kappa shape index (κ1) is 19.5. The molecule has 0 aliphatic heterocycles. The molecule has 1 unspecified atom stereocenters. The van der Waals surface area contributed by atoms with Gasteiger partial charge in [0.1, 0.15) is 0 Å². The van der Waals surface area contributed by atoms with Crippen LogP contribution < -0.4 is 0 Å². The van der Waals surface area contributed by atoms with Crippen LogP contribution in [0.3, 0.4) is 0 Å². The van der Waals surface area contributed by atoms with Gasteiger partial charge in [-0.25, -0.2) is 0 Å². The highest BCUT2D eigenvalue weighted by molar-refractivity contribution is 5.19. The van der Waals surface area contributed by atoms with Crippen molar-refractivity contribution < 1.29 is 5.11 Å². The highest BCUT2D eigenvalue weighted by atomic mass is 16.3. The number of hydrogen-bond donors (Lipinski definition) is 1. The summed E-state index contributed by atoms with van der Waals surface area (Å²) in [5.74, 6) is 0.205. The molecule has 25 heavy (non-hydrogen) atoms. The Labute approximate surface area is 153 Å². The molecule has 0 aliphatic carbocycles. The van der Waals surface area contributed by atoms with E-state index in [9.17, 15) is 5.11 Å². The van der Waals surface area contributed by atoms with Gasteiger partial charge >= 0.3 is 0 Å². The molecule has 2 aromatic rings. The molecule has 1 N–H and O–H groups in total. The average molecular weight is 337 g/mol. The van der Waals surface area contributed by atoms with E-state index in [4.69, 9.17) is 0 Å². The molecule has 2 rings (SSSR count). The van der Waals surface area contributed by atoms with Gasteiger partial charge in [-0.3, -0.25) is 0 Å². The van der Waals surface area contributed by atoms with Crippen molar-refractivity contribution in [2.75, 3.05) is 0 Å². The van der Waals surface area contributed by atoms with Crippen LogP contribution in [0.15, 0.2) is 72.8 Å². The zero-order valence-electron chi connectivity index (χ0n) is 15.5. The van der Waals surface area contributed by atoms with Crippen LogP contribution in [0, 0.1) is 5.92 Å². The molecule has 1 nitrogen and oxygen atoms in total. The Hall–Kier alpha value is -1.86. The van der Waals surface area contributed by atoms with E-state index in [1.165, 1.54) is 36.8 Å². The first-order valence-electron chi connectivity index (χ1n) is 9.72. The van der Waals surface area contributed by atoms with Crippen LogP contribution in [0.4, 0.5) is 0 Å². The summed E-state index contributed by atoms with van der Waals surface area (Å²) >= 11 is 0. The van der Waals surface area contributed by atoms with E-state index in [0.717, 1.165) is 19.3 Å². The molecular weight excluding hydrogens is 304 g/mol. The van der Waals surface area contributed by atoms with Crippen molar-refractivity contribution in [3.05, 3.63) is 83.9 Å². The van der Waals surface area contributed by atoms with Crippen LogP contribution in [0.25, 0.3) is 0 Å². The third-order valence-electron chi connectivity index (χ3n) is 4.72. The van der Waals surface area contributed by atoms with E-state index in [0.29, 0.717) is 0 Å².